The van der Waals surface area contributed by atoms with Gasteiger partial charge in [-0.25, -0.2) is 4.98 Å². The number of hydrogen-bond acceptors (Lipinski definition) is 8. The molecule has 0 bridgehead atoms. The van der Waals surface area contributed by atoms with E-state index in [1.165, 1.54) is 0 Å². The quantitative estimate of drug-likeness (QED) is 0.406. The van der Waals surface area contributed by atoms with Crippen LogP contribution in [0.4, 0.5) is 11.6 Å². The van der Waals surface area contributed by atoms with Crippen LogP contribution in [0.1, 0.15) is 26.7 Å². The van der Waals surface area contributed by atoms with E-state index in [-0.39, 0.29) is 23.5 Å². The van der Waals surface area contributed by atoms with E-state index in [2.05, 4.69) is 30.2 Å². The van der Waals surface area contributed by atoms with Gasteiger partial charge in [0.25, 0.3) is 5.56 Å². The lowest BCUT2D eigenvalue weighted by Gasteiger charge is -2.12. The molecule has 2 aromatic heterocycles. The molecule has 4 aromatic rings. The van der Waals surface area contributed by atoms with Crippen molar-refractivity contribution in [1.82, 2.24) is 24.9 Å². The molecule has 0 saturated carbocycles. The number of nitrogens with zero attached hydrogens (tertiary/aromatic N) is 4. The summed E-state index contributed by atoms with van der Waals surface area (Å²) in [5.41, 5.74) is 1.78. The van der Waals surface area contributed by atoms with Crippen LogP contribution in [0.2, 0.25) is 0 Å². The number of aromatic nitrogens is 5. The molecule has 32 heavy (non-hydrogen) atoms. The molecule has 4 rings (SSSR count). The molecular weight excluding hydrogens is 408 g/mol. The number of para-hydroxylation sites is 2. The molecule has 0 aliphatic carbocycles. The van der Waals surface area contributed by atoms with E-state index >= 15 is 0 Å². The zero-order chi connectivity index (χ0) is 22.3. The highest BCUT2D eigenvalue weighted by molar-refractivity contribution is 5.82. The Balaban J connectivity index is 1.71. The lowest BCUT2D eigenvalue weighted by molar-refractivity contribution is 0.262. The maximum atomic E-state index is 12.6. The topological polar surface area (TPSA) is 115 Å². The number of H-pyrrole nitrogens is 1. The van der Waals surface area contributed by atoms with Gasteiger partial charge in [0.15, 0.2) is 0 Å². The largest absolute Gasteiger partial charge is 0.463 e. The minimum Gasteiger partial charge on any atom is -0.463 e. The van der Waals surface area contributed by atoms with Crippen LogP contribution in [0.15, 0.2) is 53.3 Å². The third-order valence-electron chi connectivity index (χ3n) is 4.51. The first kappa shape index (κ1) is 21.2. The zero-order valence-corrected chi connectivity index (χ0v) is 18.0. The van der Waals surface area contributed by atoms with Crippen LogP contribution in [0.25, 0.3) is 22.3 Å². The van der Waals surface area contributed by atoms with Gasteiger partial charge in [-0.1, -0.05) is 38.1 Å². The fourth-order valence-corrected chi connectivity index (χ4v) is 3.04. The van der Waals surface area contributed by atoms with Gasteiger partial charge in [-0.3, -0.25) is 4.79 Å². The average Bonchev–Trinajstić information content (AvgIpc) is 2.81. The Morgan fingerprint density at radius 2 is 1.50 bits per heavy atom. The van der Waals surface area contributed by atoms with Crippen LogP contribution in [-0.4, -0.2) is 38.1 Å². The predicted molar refractivity (Wildman–Crippen MR) is 122 cm³/mol. The molecule has 164 valence electrons. The fourth-order valence-electron chi connectivity index (χ4n) is 3.04. The Morgan fingerprint density at radius 3 is 2.22 bits per heavy atom. The summed E-state index contributed by atoms with van der Waals surface area (Å²) in [4.78, 5) is 32.9. The Labute approximate surface area is 184 Å². The molecule has 0 unspecified atom stereocenters. The van der Waals surface area contributed by atoms with Gasteiger partial charge in [-0.05, 0) is 37.1 Å². The molecule has 0 amide bonds. The number of anilines is 2. The van der Waals surface area contributed by atoms with E-state index in [1.54, 1.807) is 6.07 Å². The van der Waals surface area contributed by atoms with E-state index in [4.69, 9.17) is 9.47 Å². The number of fused-ring (bicyclic) bond motifs is 1. The van der Waals surface area contributed by atoms with Gasteiger partial charge >= 0.3 is 12.0 Å². The average molecular weight is 432 g/mol. The maximum Gasteiger partial charge on any atom is 0.324 e. The standard InChI is InChI=1S/C23H24N6O3/c1-3-13-31-22-27-21(28-23(29-22)32-14-4-2)25-17-11-7-5-9-15(17)19-24-18-12-8-6-10-16(18)20(30)26-19/h5-12H,3-4,13-14H2,1-2H3,(H,24,26,30)(H,25,27,28,29). The summed E-state index contributed by atoms with van der Waals surface area (Å²) in [7, 11) is 0. The number of ether oxygens (including phenoxy) is 2. The van der Waals surface area contributed by atoms with E-state index in [1.807, 2.05) is 56.3 Å². The third kappa shape index (κ3) is 4.83. The van der Waals surface area contributed by atoms with E-state index in [9.17, 15) is 4.79 Å². The van der Waals surface area contributed by atoms with Crippen LogP contribution >= 0.6 is 0 Å². The molecule has 9 nitrogen and oxygen atoms in total. The molecule has 0 fully saturated rings. The second-order valence-electron chi connectivity index (χ2n) is 7.02. The van der Waals surface area contributed by atoms with Crippen molar-refractivity contribution in [2.45, 2.75) is 26.7 Å². The first-order valence-corrected chi connectivity index (χ1v) is 10.5. The summed E-state index contributed by atoms with van der Waals surface area (Å²) in [6, 6.07) is 15.0. The molecule has 2 heterocycles. The summed E-state index contributed by atoms with van der Waals surface area (Å²) in [6.07, 6.45) is 1.65. The Morgan fingerprint density at radius 1 is 0.844 bits per heavy atom. The predicted octanol–water partition coefficient (Wildman–Crippen LogP) is 4.10. The second kappa shape index (κ2) is 9.86. The van der Waals surface area contributed by atoms with Gasteiger partial charge < -0.3 is 19.8 Å². The van der Waals surface area contributed by atoms with Crippen molar-refractivity contribution < 1.29 is 9.47 Å². The van der Waals surface area contributed by atoms with Crippen molar-refractivity contribution in [3.8, 4) is 23.4 Å². The normalized spacial score (nSPS) is 10.8. The van der Waals surface area contributed by atoms with Gasteiger partial charge in [-0.15, -0.1) is 4.98 Å². The van der Waals surface area contributed by atoms with Crippen molar-refractivity contribution in [2.75, 3.05) is 18.5 Å². The molecule has 2 N–H and O–H groups in total. The number of nitrogens with one attached hydrogen (secondary N) is 2. The Hall–Kier alpha value is -4.01. The minimum absolute atomic E-state index is 0.185. The smallest absolute Gasteiger partial charge is 0.324 e. The summed E-state index contributed by atoms with van der Waals surface area (Å²) in [5.74, 6) is 0.712. The Bertz CT molecular complexity index is 1250. The van der Waals surface area contributed by atoms with Gasteiger partial charge in [-0.2, -0.15) is 9.97 Å². The molecular formula is C23H24N6O3. The number of hydrogen-bond donors (Lipinski definition) is 2. The van der Waals surface area contributed by atoms with Crippen molar-refractivity contribution in [3.05, 3.63) is 58.9 Å². The van der Waals surface area contributed by atoms with Crippen LogP contribution in [0.3, 0.4) is 0 Å². The summed E-state index contributed by atoms with van der Waals surface area (Å²) in [5, 5.41) is 3.72. The molecule has 0 aliphatic rings. The number of rotatable bonds is 9. The summed E-state index contributed by atoms with van der Waals surface area (Å²) in [6.45, 7) is 4.97. The van der Waals surface area contributed by atoms with E-state index < -0.39 is 0 Å². The van der Waals surface area contributed by atoms with Gasteiger partial charge in [0.05, 0.1) is 29.8 Å². The second-order valence-corrected chi connectivity index (χ2v) is 7.02. The number of aromatic amines is 1. The minimum atomic E-state index is -0.203. The van der Waals surface area contributed by atoms with E-state index in [0.717, 1.165) is 12.8 Å². The molecule has 0 saturated heterocycles. The van der Waals surface area contributed by atoms with Gasteiger partial charge in [0.2, 0.25) is 5.95 Å². The lowest BCUT2D eigenvalue weighted by atomic mass is 10.1. The van der Waals surface area contributed by atoms with Crippen LogP contribution in [-0.2, 0) is 0 Å². The van der Waals surface area contributed by atoms with Crippen molar-refractivity contribution in [2.24, 2.45) is 0 Å². The van der Waals surface area contributed by atoms with E-state index in [0.29, 0.717) is 41.2 Å². The first-order valence-electron chi connectivity index (χ1n) is 10.5. The molecule has 9 heteroatoms. The van der Waals surface area contributed by atoms with Crippen LogP contribution in [0, 0.1) is 0 Å². The SMILES string of the molecule is CCCOc1nc(Nc2ccccc2-c2nc3ccccc3c(=O)[nH]2)nc(OCCC)n1. The molecule has 2 aromatic carbocycles. The molecule has 0 atom stereocenters. The lowest BCUT2D eigenvalue weighted by Crippen LogP contribution is -2.11. The monoisotopic (exact) mass is 432 g/mol. The highest BCUT2D eigenvalue weighted by atomic mass is 16.5. The summed E-state index contributed by atoms with van der Waals surface area (Å²) < 4.78 is 11.2. The van der Waals surface area contributed by atoms with Crippen molar-refractivity contribution in [1.29, 1.82) is 0 Å². The summed E-state index contributed by atoms with van der Waals surface area (Å²) >= 11 is 0. The molecule has 0 spiro atoms. The van der Waals surface area contributed by atoms with Crippen LogP contribution in [0.5, 0.6) is 12.0 Å². The zero-order valence-electron chi connectivity index (χ0n) is 18.0. The van der Waals surface area contributed by atoms with Gasteiger partial charge in [0, 0.05) is 5.56 Å². The molecule has 0 radical (unpaired) electrons. The number of benzene rings is 2. The maximum absolute atomic E-state index is 12.6. The first-order chi connectivity index (χ1) is 15.7. The highest BCUT2D eigenvalue weighted by Crippen LogP contribution is 2.28. The van der Waals surface area contributed by atoms with Gasteiger partial charge in [0.1, 0.15) is 5.82 Å². The highest BCUT2D eigenvalue weighted by Gasteiger charge is 2.13. The van der Waals surface area contributed by atoms with Crippen molar-refractivity contribution >= 4 is 22.5 Å². The van der Waals surface area contributed by atoms with Crippen molar-refractivity contribution in [3.63, 3.8) is 0 Å². The fraction of sp³-hybridized carbons (Fsp3) is 0.261. The van der Waals surface area contributed by atoms with Crippen LogP contribution < -0.4 is 20.3 Å². The molecule has 0 aliphatic heterocycles. The Kier molecular flexibility index (Phi) is 6.54. The third-order valence-corrected chi connectivity index (χ3v) is 4.51.